The normalized spacial score (nSPS) is 20.3. The second kappa shape index (κ2) is 6.98. The number of rotatable bonds is 2. The minimum atomic E-state index is -0.495. The Morgan fingerprint density at radius 1 is 1.24 bits per heavy atom. The molecular weight excluding hydrogens is 340 g/mol. The molecular formula is C18H19ClN4O2. The summed E-state index contributed by atoms with van der Waals surface area (Å²) in [6.45, 7) is 2.95. The summed E-state index contributed by atoms with van der Waals surface area (Å²) in [5.74, 6) is 0.686. The van der Waals surface area contributed by atoms with Crippen LogP contribution in [0.2, 0.25) is 5.02 Å². The van der Waals surface area contributed by atoms with Crippen LogP contribution in [0.15, 0.2) is 36.8 Å². The van der Waals surface area contributed by atoms with Crippen molar-refractivity contribution in [2.24, 2.45) is 0 Å². The standard InChI is InChI=1S/C18H19ClN4O2/c19-15-9-20-12-21-17(15)22-7-8-25-16(11-22)18(24)23-6-5-13-3-1-2-4-14(13)10-23/h1-4,9,12,16H,5-8,10-11H2. The van der Waals surface area contributed by atoms with Gasteiger partial charge >= 0.3 is 0 Å². The Morgan fingerprint density at radius 3 is 2.92 bits per heavy atom. The van der Waals surface area contributed by atoms with Crippen molar-refractivity contribution >= 4 is 23.3 Å². The zero-order chi connectivity index (χ0) is 17.2. The van der Waals surface area contributed by atoms with E-state index >= 15 is 0 Å². The SMILES string of the molecule is O=C(C1CN(c2ncncc2Cl)CCO1)N1CCc2ccccc2C1. The van der Waals surface area contributed by atoms with Gasteiger partial charge in [0, 0.05) is 19.6 Å². The fourth-order valence-electron chi connectivity index (χ4n) is 3.42. The van der Waals surface area contributed by atoms with Crippen LogP contribution in [0, 0.1) is 0 Å². The average molecular weight is 359 g/mol. The van der Waals surface area contributed by atoms with Crippen LogP contribution >= 0.6 is 11.6 Å². The number of carbonyl (C=O) groups excluding carboxylic acids is 1. The molecule has 1 unspecified atom stereocenters. The maximum Gasteiger partial charge on any atom is 0.253 e. The van der Waals surface area contributed by atoms with Crippen molar-refractivity contribution in [1.29, 1.82) is 0 Å². The molecule has 2 aliphatic heterocycles. The van der Waals surface area contributed by atoms with E-state index in [0.717, 1.165) is 13.0 Å². The van der Waals surface area contributed by atoms with Gasteiger partial charge in [0.2, 0.25) is 0 Å². The van der Waals surface area contributed by atoms with E-state index in [-0.39, 0.29) is 5.91 Å². The first-order valence-corrected chi connectivity index (χ1v) is 8.78. The molecule has 1 atom stereocenters. The molecule has 0 spiro atoms. The van der Waals surface area contributed by atoms with Gasteiger partial charge in [-0.15, -0.1) is 0 Å². The molecule has 1 fully saturated rings. The summed E-state index contributed by atoms with van der Waals surface area (Å²) in [4.78, 5) is 25.0. The van der Waals surface area contributed by atoms with Crippen molar-refractivity contribution in [1.82, 2.24) is 14.9 Å². The predicted octanol–water partition coefficient (Wildman–Crippen LogP) is 1.92. The van der Waals surface area contributed by atoms with Gasteiger partial charge in [-0.2, -0.15) is 0 Å². The van der Waals surface area contributed by atoms with Gasteiger partial charge in [-0.1, -0.05) is 35.9 Å². The first-order valence-electron chi connectivity index (χ1n) is 8.40. The van der Waals surface area contributed by atoms with Crippen molar-refractivity contribution in [3.05, 3.63) is 52.9 Å². The lowest BCUT2D eigenvalue weighted by molar-refractivity contribution is -0.145. The van der Waals surface area contributed by atoms with E-state index < -0.39 is 6.10 Å². The van der Waals surface area contributed by atoms with E-state index in [9.17, 15) is 4.79 Å². The van der Waals surface area contributed by atoms with Gasteiger partial charge in [0.05, 0.1) is 19.3 Å². The van der Waals surface area contributed by atoms with Crippen LogP contribution in [-0.4, -0.2) is 53.1 Å². The number of aromatic nitrogens is 2. The summed E-state index contributed by atoms with van der Waals surface area (Å²) in [7, 11) is 0. The highest BCUT2D eigenvalue weighted by molar-refractivity contribution is 6.32. The Morgan fingerprint density at radius 2 is 2.08 bits per heavy atom. The highest BCUT2D eigenvalue weighted by Gasteiger charge is 2.32. The van der Waals surface area contributed by atoms with Crippen LogP contribution in [0.5, 0.6) is 0 Å². The number of ether oxygens (including phenoxy) is 1. The van der Waals surface area contributed by atoms with Crippen LogP contribution < -0.4 is 4.90 Å². The molecule has 3 heterocycles. The predicted molar refractivity (Wildman–Crippen MR) is 94.6 cm³/mol. The molecule has 1 amide bonds. The molecule has 1 saturated heterocycles. The van der Waals surface area contributed by atoms with Crippen molar-refractivity contribution in [3.63, 3.8) is 0 Å². The first kappa shape index (κ1) is 16.3. The zero-order valence-electron chi connectivity index (χ0n) is 13.8. The van der Waals surface area contributed by atoms with Gasteiger partial charge in [-0.3, -0.25) is 4.79 Å². The third-order valence-electron chi connectivity index (χ3n) is 4.73. The number of hydrogen-bond donors (Lipinski definition) is 0. The second-order valence-electron chi connectivity index (χ2n) is 6.28. The van der Waals surface area contributed by atoms with E-state index in [2.05, 4.69) is 22.1 Å². The highest BCUT2D eigenvalue weighted by atomic mass is 35.5. The van der Waals surface area contributed by atoms with Crippen LogP contribution in [0.1, 0.15) is 11.1 Å². The summed E-state index contributed by atoms with van der Waals surface area (Å²) >= 11 is 6.19. The van der Waals surface area contributed by atoms with Crippen molar-refractivity contribution < 1.29 is 9.53 Å². The van der Waals surface area contributed by atoms with Crippen LogP contribution in [-0.2, 0) is 22.5 Å². The summed E-state index contributed by atoms with van der Waals surface area (Å²) in [6.07, 6.45) is 3.42. The van der Waals surface area contributed by atoms with Gasteiger partial charge in [0.1, 0.15) is 11.3 Å². The molecule has 4 rings (SSSR count). The number of anilines is 1. The van der Waals surface area contributed by atoms with Crippen molar-refractivity contribution in [3.8, 4) is 0 Å². The smallest absolute Gasteiger partial charge is 0.253 e. The number of benzene rings is 1. The Hall–Kier alpha value is -2.18. The molecule has 6 nitrogen and oxygen atoms in total. The molecule has 0 bridgehead atoms. The lowest BCUT2D eigenvalue weighted by Gasteiger charge is -2.37. The quantitative estimate of drug-likeness (QED) is 0.821. The zero-order valence-corrected chi connectivity index (χ0v) is 14.5. The average Bonchev–Trinajstić information content (AvgIpc) is 2.67. The maximum absolute atomic E-state index is 12.9. The molecule has 7 heteroatoms. The Balaban J connectivity index is 1.47. The van der Waals surface area contributed by atoms with E-state index in [0.29, 0.717) is 37.1 Å². The molecule has 25 heavy (non-hydrogen) atoms. The molecule has 130 valence electrons. The third-order valence-corrected chi connectivity index (χ3v) is 5.00. The molecule has 0 saturated carbocycles. The number of nitrogens with zero attached hydrogens (tertiary/aromatic N) is 4. The van der Waals surface area contributed by atoms with E-state index in [1.165, 1.54) is 17.5 Å². The van der Waals surface area contributed by atoms with Gasteiger partial charge in [-0.05, 0) is 17.5 Å². The van der Waals surface area contributed by atoms with Gasteiger partial charge < -0.3 is 14.5 Å². The Kier molecular flexibility index (Phi) is 4.55. The lowest BCUT2D eigenvalue weighted by Crippen LogP contribution is -2.52. The van der Waals surface area contributed by atoms with Crippen LogP contribution in [0.4, 0.5) is 5.82 Å². The number of carbonyl (C=O) groups is 1. The Bertz CT molecular complexity index is 785. The monoisotopic (exact) mass is 358 g/mol. The molecule has 0 N–H and O–H groups in total. The van der Waals surface area contributed by atoms with E-state index in [1.54, 1.807) is 6.20 Å². The molecule has 0 aliphatic carbocycles. The van der Waals surface area contributed by atoms with Crippen molar-refractivity contribution in [2.45, 2.75) is 19.1 Å². The Labute approximate surface area is 151 Å². The number of morpholine rings is 1. The summed E-state index contributed by atoms with van der Waals surface area (Å²) in [5.41, 5.74) is 2.54. The van der Waals surface area contributed by atoms with Crippen molar-refractivity contribution in [2.75, 3.05) is 31.1 Å². The van der Waals surface area contributed by atoms with Crippen LogP contribution in [0.25, 0.3) is 0 Å². The molecule has 2 aromatic rings. The lowest BCUT2D eigenvalue weighted by atomic mass is 9.99. The summed E-state index contributed by atoms with van der Waals surface area (Å²) in [6, 6.07) is 8.28. The highest BCUT2D eigenvalue weighted by Crippen LogP contribution is 2.25. The summed E-state index contributed by atoms with van der Waals surface area (Å²) < 4.78 is 5.75. The largest absolute Gasteiger partial charge is 0.365 e. The molecule has 2 aliphatic rings. The van der Waals surface area contributed by atoms with Crippen LogP contribution in [0.3, 0.4) is 0 Å². The van der Waals surface area contributed by atoms with E-state index in [4.69, 9.17) is 16.3 Å². The van der Waals surface area contributed by atoms with Gasteiger partial charge in [-0.25, -0.2) is 9.97 Å². The second-order valence-corrected chi connectivity index (χ2v) is 6.69. The molecule has 0 radical (unpaired) electrons. The van der Waals surface area contributed by atoms with Gasteiger partial charge in [0.25, 0.3) is 5.91 Å². The number of amides is 1. The fourth-order valence-corrected chi connectivity index (χ4v) is 3.64. The molecule has 1 aromatic heterocycles. The number of fused-ring (bicyclic) bond motifs is 1. The van der Waals surface area contributed by atoms with Gasteiger partial charge in [0.15, 0.2) is 11.9 Å². The minimum absolute atomic E-state index is 0.0318. The third kappa shape index (κ3) is 3.32. The topological polar surface area (TPSA) is 58.6 Å². The van der Waals surface area contributed by atoms with E-state index in [1.807, 2.05) is 21.9 Å². The maximum atomic E-state index is 12.9. The first-order chi connectivity index (χ1) is 12.2. The molecule has 1 aromatic carbocycles. The number of hydrogen-bond acceptors (Lipinski definition) is 5. The fraction of sp³-hybridized carbons (Fsp3) is 0.389. The number of halogens is 1. The summed E-state index contributed by atoms with van der Waals surface area (Å²) in [5, 5.41) is 0.488. The minimum Gasteiger partial charge on any atom is -0.365 e.